The minimum absolute atomic E-state index is 0.539. The molecule has 3 nitrogen and oxygen atoms in total. The average molecular weight is 123 g/mol. The molecule has 1 aliphatic carbocycles. The van der Waals surface area contributed by atoms with E-state index in [2.05, 4.69) is 9.97 Å². The van der Waals surface area contributed by atoms with Crippen molar-refractivity contribution in [3.63, 3.8) is 0 Å². The lowest BCUT2D eigenvalue weighted by Gasteiger charge is -1.84. The number of hydrogen-bond acceptors (Lipinski definition) is 2. The summed E-state index contributed by atoms with van der Waals surface area (Å²) in [6, 6.07) is 0. The van der Waals surface area contributed by atoms with Crippen LogP contribution in [0, 0.1) is 0 Å². The van der Waals surface area contributed by atoms with Crippen molar-refractivity contribution in [1.29, 1.82) is 0 Å². The van der Waals surface area contributed by atoms with Gasteiger partial charge < -0.3 is 10.7 Å². The second-order valence-electron chi connectivity index (χ2n) is 2.50. The number of H-pyrrole nitrogens is 1. The zero-order chi connectivity index (χ0) is 6.27. The molecule has 1 heterocycles. The van der Waals surface area contributed by atoms with Crippen molar-refractivity contribution in [2.75, 3.05) is 5.73 Å². The standard InChI is InChI=1S/C6H9N3/c7-6-8-3-5(9-6)4-1-2-4/h3-4H,1-2H2,(H3,7,8,9). The lowest BCUT2D eigenvalue weighted by molar-refractivity contribution is 1.05. The Balaban J connectivity index is 2.28. The third-order valence-corrected chi connectivity index (χ3v) is 1.63. The van der Waals surface area contributed by atoms with Crippen LogP contribution in [-0.4, -0.2) is 9.97 Å². The maximum absolute atomic E-state index is 5.38. The van der Waals surface area contributed by atoms with Crippen molar-refractivity contribution in [2.24, 2.45) is 0 Å². The summed E-state index contributed by atoms with van der Waals surface area (Å²) in [5, 5.41) is 0. The van der Waals surface area contributed by atoms with Crippen LogP contribution >= 0.6 is 0 Å². The molecule has 1 aromatic heterocycles. The first-order valence-electron chi connectivity index (χ1n) is 3.16. The fourth-order valence-corrected chi connectivity index (χ4v) is 0.953. The van der Waals surface area contributed by atoms with Crippen LogP contribution in [0.2, 0.25) is 0 Å². The summed E-state index contributed by atoms with van der Waals surface area (Å²) in [7, 11) is 0. The molecule has 0 unspecified atom stereocenters. The van der Waals surface area contributed by atoms with Crippen molar-refractivity contribution in [3.8, 4) is 0 Å². The molecule has 0 amide bonds. The minimum Gasteiger partial charge on any atom is -0.369 e. The van der Waals surface area contributed by atoms with E-state index in [4.69, 9.17) is 5.73 Å². The van der Waals surface area contributed by atoms with Gasteiger partial charge in [0.15, 0.2) is 5.95 Å². The van der Waals surface area contributed by atoms with E-state index in [1.54, 1.807) is 0 Å². The van der Waals surface area contributed by atoms with Gasteiger partial charge in [-0.2, -0.15) is 0 Å². The fourth-order valence-electron chi connectivity index (χ4n) is 0.953. The summed E-state index contributed by atoms with van der Waals surface area (Å²) in [5.41, 5.74) is 6.58. The molecular weight excluding hydrogens is 114 g/mol. The predicted octanol–water partition coefficient (Wildman–Crippen LogP) is 0.869. The van der Waals surface area contributed by atoms with E-state index < -0.39 is 0 Å². The zero-order valence-electron chi connectivity index (χ0n) is 5.09. The molecule has 2 rings (SSSR count). The van der Waals surface area contributed by atoms with Gasteiger partial charge >= 0.3 is 0 Å². The van der Waals surface area contributed by atoms with Crippen LogP contribution in [0.1, 0.15) is 24.5 Å². The van der Waals surface area contributed by atoms with Crippen molar-refractivity contribution in [1.82, 2.24) is 9.97 Å². The molecule has 3 N–H and O–H groups in total. The number of nitrogens with two attached hydrogens (primary N) is 1. The summed E-state index contributed by atoms with van der Waals surface area (Å²) >= 11 is 0. The number of nitrogens with one attached hydrogen (secondary N) is 1. The van der Waals surface area contributed by atoms with Gasteiger partial charge in [0.05, 0.1) is 6.20 Å². The van der Waals surface area contributed by atoms with E-state index in [-0.39, 0.29) is 0 Å². The maximum atomic E-state index is 5.38. The van der Waals surface area contributed by atoms with Gasteiger partial charge in [0.2, 0.25) is 0 Å². The SMILES string of the molecule is Nc1ncc(C2CC2)[nH]1. The molecule has 0 bridgehead atoms. The van der Waals surface area contributed by atoms with Crippen molar-refractivity contribution in [3.05, 3.63) is 11.9 Å². The van der Waals surface area contributed by atoms with E-state index >= 15 is 0 Å². The lowest BCUT2D eigenvalue weighted by Crippen LogP contribution is -1.85. The quantitative estimate of drug-likeness (QED) is 0.582. The highest BCUT2D eigenvalue weighted by Gasteiger charge is 2.24. The van der Waals surface area contributed by atoms with Crippen LogP contribution in [0.25, 0.3) is 0 Å². The Bertz CT molecular complexity index is 212. The molecule has 0 saturated heterocycles. The summed E-state index contributed by atoms with van der Waals surface area (Å²) in [6.45, 7) is 0. The number of imidazole rings is 1. The normalized spacial score (nSPS) is 18.2. The Kier molecular flexibility index (Phi) is 0.806. The molecule has 1 aliphatic rings. The maximum Gasteiger partial charge on any atom is 0.197 e. The van der Waals surface area contributed by atoms with Gasteiger partial charge in [-0.3, -0.25) is 0 Å². The molecule has 48 valence electrons. The molecule has 0 aliphatic heterocycles. The number of rotatable bonds is 1. The smallest absolute Gasteiger partial charge is 0.197 e. The Hall–Kier alpha value is -0.990. The summed E-state index contributed by atoms with van der Waals surface area (Å²) in [4.78, 5) is 6.90. The molecule has 0 atom stereocenters. The number of nitrogen functional groups attached to an aromatic ring is 1. The Labute approximate surface area is 53.3 Å². The number of nitrogens with zero attached hydrogens (tertiary/aromatic N) is 1. The van der Waals surface area contributed by atoms with Crippen molar-refractivity contribution < 1.29 is 0 Å². The topological polar surface area (TPSA) is 54.7 Å². The van der Waals surface area contributed by atoms with Crippen LogP contribution in [0.3, 0.4) is 0 Å². The number of anilines is 1. The van der Waals surface area contributed by atoms with E-state index in [1.165, 1.54) is 18.5 Å². The third kappa shape index (κ3) is 0.781. The van der Waals surface area contributed by atoms with Gasteiger partial charge in [-0.1, -0.05) is 0 Å². The minimum atomic E-state index is 0.539. The highest BCUT2D eigenvalue weighted by molar-refractivity contribution is 5.23. The predicted molar refractivity (Wildman–Crippen MR) is 35.0 cm³/mol. The van der Waals surface area contributed by atoms with Crippen molar-refractivity contribution in [2.45, 2.75) is 18.8 Å². The first kappa shape index (κ1) is 4.85. The van der Waals surface area contributed by atoms with E-state index in [9.17, 15) is 0 Å². The summed E-state index contributed by atoms with van der Waals surface area (Å²) in [5.74, 6) is 1.27. The highest BCUT2D eigenvalue weighted by Crippen LogP contribution is 2.38. The molecule has 1 saturated carbocycles. The molecule has 0 aromatic carbocycles. The Morgan fingerprint density at radius 3 is 2.89 bits per heavy atom. The Morgan fingerprint density at radius 2 is 2.44 bits per heavy atom. The van der Waals surface area contributed by atoms with Gasteiger partial charge in [-0.15, -0.1) is 0 Å². The number of aromatic nitrogens is 2. The number of aromatic amines is 1. The van der Waals surface area contributed by atoms with Crippen LogP contribution in [-0.2, 0) is 0 Å². The van der Waals surface area contributed by atoms with Crippen LogP contribution in [0.15, 0.2) is 6.20 Å². The van der Waals surface area contributed by atoms with Crippen LogP contribution in [0.4, 0.5) is 5.95 Å². The molecular formula is C6H9N3. The van der Waals surface area contributed by atoms with Gasteiger partial charge in [0.1, 0.15) is 0 Å². The fraction of sp³-hybridized carbons (Fsp3) is 0.500. The second kappa shape index (κ2) is 1.50. The first-order chi connectivity index (χ1) is 4.36. The highest BCUT2D eigenvalue weighted by atomic mass is 15.0. The van der Waals surface area contributed by atoms with Gasteiger partial charge in [0, 0.05) is 11.6 Å². The molecule has 1 aromatic rings. The zero-order valence-corrected chi connectivity index (χ0v) is 5.09. The van der Waals surface area contributed by atoms with E-state index in [0.717, 1.165) is 5.92 Å². The molecule has 0 radical (unpaired) electrons. The van der Waals surface area contributed by atoms with E-state index in [1.807, 2.05) is 6.20 Å². The molecule has 9 heavy (non-hydrogen) atoms. The van der Waals surface area contributed by atoms with Gasteiger partial charge in [0.25, 0.3) is 0 Å². The van der Waals surface area contributed by atoms with Crippen LogP contribution in [0.5, 0.6) is 0 Å². The largest absolute Gasteiger partial charge is 0.369 e. The number of hydrogen-bond donors (Lipinski definition) is 2. The van der Waals surface area contributed by atoms with Crippen LogP contribution < -0.4 is 5.73 Å². The molecule has 0 spiro atoms. The third-order valence-electron chi connectivity index (χ3n) is 1.63. The average Bonchev–Trinajstić information content (AvgIpc) is 2.58. The van der Waals surface area contributed by atoms with Gasteiger partial charge in [-0.25, -0.2) is 4.98 Å². The lowest BCUT2D eigenvalue weighted by atomic mass is 10.3. The molecule has 3 heteroatoms. The second-order valence-corrected chi connectivity index (χ2v) is 2.50. The Morgan fingerprint density at radius 1 is 1.67 bits per heavy atom. The first-order valence-corrected chi connectivity index (χ1v) is 3.16. The van der Waals surface area contributed by atoms with E-state index in [0.29, 0.717) is 5.95 Å². The monoisotopic (exact) mass is 123 g/mol. The molecule has 1 fully saturated rings. The summed E-state index contributed by atoms with van der Waals surface area (Å²) < 4.78 is 0. The van der Waals surface area contributed by atoms with Crippen molar-refractivity contribution >= 4 is 5.95 Å². The van der Waals surface area contributed by atoms with Gasteiger partial charge in [-0.05, 0) is 12.8 Å². The summed E-state index contributed by atoms with van der Waals surface area (Å²) in [6.07, 6.45) is 4.41.